The third-order valence-corrected chi connectivity index (χ3v) is 3.14. The molecule has 2 N–H and O–H groups in total. The Kier molecular flexibility index (Phi) is 3.68. The van der Waals surface area contributed by atoms with Crippen LogP contribution in [0.25, 0.3) is 0 Å². The summed E-state index contributed by atoms with van der Waals surface area (Å²) in [4.78, 5) is 23.6. The van der Waals surface area contributed by atoms with Gasteiger partial charge in [-0.05, 0) is 18.6 Å². The van der Waals surface area contributed by atoms with Crippen LogP contribution in [0.4, 0.5) is 0 Å². The Labute approximate surface area is 105 Å². The molecule has 0 saturated carbocycles. The molecule has 0 aliphatic carbocycles. The van der Waals surface area contributed by atoms with Crippen molar-refractivity contribution >= 4 is 24.4 Å². The van der Waals surface area contributed by atoms with Crippen LogP contribution in [-0.4, -0.2) is 24.4 Å². The zero-order chi connectivity index (χ0) is 12.3. The molecule has 1 aliphatic heterocycles. The van der Waals surface area contributed by atoms with Crippen molar-refractivity contribution in [1.82, 2.24) is 10.6 Å². The Morgan fingerprint density at radius 1 is 1.41 bits per heavy atom. The molecule has 2 amide bonds. The van der Waals surface area contributed by atoms with Crippen LogP contribution in [0.3, 0.4) is 0 Å². The van der Waals surface area contributed by atoms with Gasteiger partial charge in [0, 0.05) is 23.9 Å². The highest BCUT2D eigenvalue weighted by Gasteiger charge is 2.20. The van der Waals surface area contributed by atoms with E-state index in [2.05, 4.69) is 23.3 Å². The smallest absolute Gasteiger partial charge is 0.252 e. The van der Waals surface area contributed by atoms with Crippen LogP contribution >= 0.6 is 12.6 Å². The van der Waals surface area contributed by atoms with Crippen LogP contribution in [0.15, 0.2) is 29.2 Å². The van der Waals surface area contributed by atoms with Crippen LogP contribution in [0.1, 0.15) is 23.2 Å². The molecule has 0 spiro atoms. The van der Waals surface area contributed by atoms with Crippen molar-refractivity contribution in [2.45, 2.75) is 23.8 Å². The van der Waals surface area contributed by atoms with Crippen molar-refractivity contribution < 1.29 is 9.59 Å². The van der Waals surface area contributed by atoms with Crippen LogP contribution < -0.4 is 10.6 Å². The summed E-state index contributed by atoms with van der Waals surface area (Å²) in [6, 6.07) is 7.16. The fourth-order valence-electron chi connectivity index (χ4n) is 1.78. The number of hydrogen-bond acceptors (Lipinski definition) is 3. The number of carbonyl (C=O) groups excluding carboxylic acids is 2. The summed E-state index contributed by atoms with van der Waals surface area (Å²) in [5.74, 6) is -0.0955. The molecule has 90 valence electrons. The van der Waals surface area contributed by atoms with Gasteiger partial charge >= 0.3 is 0 Å². The highest BCUT2D eigenvalue weighted by atomic mass is 32.1. The van der Waals surface area contributed by atoms with Crippen molar-refractivity contribution in [3.63, 3.8) is 0 Å². The number of benzene rings is 1. The zero-order valence-electron chi connectivity index (χ0n) is 9.27. The number of hydrogen-bond donors (Lipinski definition) is 3. The molecular formula is C12H14N2O2S. The van der Waals surface area contributed by atoms with Crippen LogP contribution in [0.5, 0.6) is 0 Å². The lowest BCUT2D eigenvalue weighted by Crippen LogP contribution is -2.47. The van der Waals surface area contributed by atoms with E-state index in [0.717, 1.165) is 0 Å². The quantitative estimate of drug-likeness (QED) is 0.685. The normalized spacial score (nSPS) is 19.6. The van der Waals surface area contributed by atoms with Gasteiger partial charge < -0.3 is 10.6 Å². The fourth-order valence-corrected chi connectivity index (χ4v) is 2.05. The van der Waals surface area contributed by atoms with E-state index >= 15 is 0 Å². The van der Waals surface area contributed by atoms with Gasteiger partial charge in [0.1, 0.15) is 0 Å². The molecule has 1 unspecified atom stereocenters. The molecule has 1 heterocycles. The highest BCUT2D eigenvalue weighted by Crippen LogP contribution is 2.13. The van der Waals surface area contributed by atoms with Crippen molar-refractivity contribution in [2.24, 2.45) is 0 Å². The molecule has 5 heteroatoms. The number of thiol groups is 1. The lowest BCUT2D eigenvalue weighted by molar-refractivity contribution is -0.122. The van der Waals surface area contributed by atoms with Gasteiger partial charge in [-0.2, -0.15) is 0 Å². The Bertz CT molecular complexity index is 438. The Morgan fingerprint density at radius 2 is 2.18 bits per heavy atom. The molecule has 0 radical (unpaired) electrons. The zero-order valence-corrected chi connectivity index (χ0v) is 10.2. The van der Waals surface area contributed by atoms with Gasteiger partial charge in [0.05, 0.1) is 5.56 Å². The van der Waals surface area contributed by atoms with Crippen molar-refractivity contribution in [2.75, 3.05) is 6.54 Å². The molecule has 1 aromatic carbocycles. The first kappa shape index (κ1) is 12.0. The van der Waals surface area contributed by atoms with E-state index in [9.17, 15) is 9.59 Å². The summed E-state index contributed by atoms with van der Waals surface area (Å²) in [6.07, 6.45) is 1.15. The summed E-state index contributed by atoms with van der Waals surface area (Å²) in [5, 5.41) is 5.62. The maximum Gasteiger partial charge on any atom is 0.252 e. The number of nitrogens with one attached hydrogen (secondary N) is 2. The third kappa shape index (κ3) is 3.00. The largest absolute Gasteiger partial charge is 0.354 e. The fraction of sp³-hybridized carbons (Fsp3) is 0.333. The number of piperidine rings is 1. The molecular weight excluding hydrogens is 236 g/mol. The van der Waals surface area contributed by atoms with Crippen molar-refractivity contribution in [1.29, 1.82) is 0 Å². The first-order chi connectivity index (χ1) is 8.16. The summed E-state index contributed by atoms with van der Waals surface area (Å²) >= 11 is 4.24. The van der Waals surface area contributed by atoms with Crippen LogP contribution in [-0.2, 0) is 4.79 Å². The monoisotopic (exact) mass is 250 g/mol. The van der Waals surface area contributed by atoms with Gasteiger partial charge in [-0.25, -0.2) is 0 Å². The van der Waals surface area contributed by atoms with E-state index < -0.39 is 0 Å². The second-order valence-electron chi connectivity index (χ2n) is 4.03. The molecule has 0 bridgehead atoms. The van der Waals surface area contributed by atoms with Crippen molar-refractivity contribution in [3.05, 3.63) is 29.8 Å². The van der Waals surface area contributed by atoms with E-state index in [-0.39, 0.29) is 17.9 Å². The molecule has 1 atom stereocenters. The van der Waals surface area contributed by atoms with Gasteiger partial charge in [-0.1, -0.05) is 12.1 Å². The minimum absolute atomic E-state index is 0.00754. The van der Waals surface area contributed by atoms with Gasteiger partial charge in [-0.3, -0.25) is 9.59 Å². The molecule has 1 aromatic rings. The summed E-state index contributed by atoms with van der Waals surface area (Å²) in [7, 11) is 0. The summed E-state index contributed by atoms with van der Waals surface area (Å²) < 4.78 is 0. The first-order valence-corrected chi connectivity index (χ1v) is 5.97. The number of amides is 2. The van der Waals surface area contributed by atoms with Gasteiger partial charge in [0.15, 0.2) is 0 Å². The minimum Gasteiger partial charge on any atom is -0.354 e. The Morgan fingerprint density at radius 3 is 2.82 bits per heavy atom. The lowest BCUT2D eigenvalue weighted by Gasteiger charge is -2.23. The van der Waals surface area contributed by atoms with Gasteiger partial charge in [0.25, 0.3) is 5.91 Å². The van der Waals surface area contributed by atoms with E-state index in [1.54, 1.807) is 18.2 Å². The molecule has 1 saturated heterocycles. The second-order valence-corrected chi connectivity index (χ2v) is 4.51. The first-order valence-electron chi connectivity index (χ1n) is 5.52. The Balaban J connectivity index is 1.98. The number of rotatable bonds is 2. The van der Waals surface area contributed by atoms with E-state index in [1.165, 1.54) is 0 Å². The molecule has 0 aromatic heterocycles. The molecule has 1 aliphatic rings. The molecule has 4 nitrogen and oxygen atoms in total. The standard InChI is InChI=1S/C12H14N2O2S/c15-11-6-5-8(7-13-11)14-12(16)9-3-1-2-4-10(9)17/h1-4,8,17H,5-7H2,(H,13,15)(H,14,16). The van der Waals surface area contributed by atoms with Crippen molar-refractivity contribution in [3.8, 4) is 0 Å². The van der Waals surface area contributed by atoms with Crippen LogP contribution in [0.2, 0.25) is 0 Å². The van der Waals surface area contributed by atoms with E-state index in [1.807, 2.05) is 6.07 Å². The molecule has 1 fully saturated rings. The summed E-state index contributed by atoms with van der Waals surface area (Å²) in [5.41, 5.74) is 0.563. The maximum absolute atomic E-state index is 11.9. The van der Waals surface area contributed by atoms with E-state index in [0.29, 0.717) is 29.8 Å². The third-order valence-electron chi connectivity index (χ3n) is 2.75. The van der Waals surface area contributed by atoms with Crippen LogP contribution in [0, 0.1) is 0 Å². The maximum atomic E-state index is 11.9. The summed E-state index contributed by atoms with van der Waals surface area (Å²) in [6.45, 7) is 0.499. The predicted molar refractivity (Wildman–Crippen MR) is 67.2 cm³/mol. The highest BCUT2D eigenvalue weighted by molar-refractivity contribution is 7.80. The second kappa shape index (κ2) is 5.23. The topological polar surface area (TPSA) is 58.2 Å². The van der Waals surface area contributed by atoms with Gasteiger partial charge in [-0.15, -0.1) is 12.6 Å². The molecule has 17 heavy (non-hydrogen) atoms. The molecule has 2 rings (SSSR count). The van der Waals surface area contributed by atoms with E-state index in [4.69, 9.17) is 0 Å². The number of carbonyl (C=O) groups is 2. The van der Waals surface area contributed by atoms with Gasteiger partial charge in [0.2, 0.25) is 5.91 Å². The minimum atomic E-state index is -0.142. The lowest BCUT2D eigenvalue weighted by atomic mass is 10.1. The Hall–Kier alpha value is -1.49. The average Bonchev–Trinajstić information content (AvgIpc) is 2.32. The SMILES string of the molecule is O=C1CCC(NC(=O)c2ccccc2S)CN1. The predicted octanol–water partition coefficient (Wildman–Crippen LogP) is 0.984. The average molecular weight is 250 g/mol.